The van der Waals surface area contributed by atoms with E-state index >= 15 is 0 Å². The van der Waals surface area contributed by atoms with Crippen molar-refractivity contribution < 1.29 is 29.0 Å². The van der Waals surface area contributed by atoms with Crippen molar-refractivity contribution in [3.8, 4) is 11.5 Å². The fraction of sp³-hybridized carbons (Fsp3) is 0.394. The minimum absolute atomic E-state index is 0.0438. The molecule has 3 aliphatic heterocycles. The molecule has 43 heavy (non-hydrogen) atoms. The van der Waals surface area contributed by atoms with Gasteiger partial charge in [0.15, 0.2) is 11.5 Å². The molecule has 1 N–H and O–H groups in total. The summed E-state index contributed by atoms with van der Waals surface area (Å²) in [5.74, 6) is -1.00. The number of rotatable bonds is 11. The number of benzene rings is 2. The first-order chi connectivity index (χ1) is 20.9. The number of aromatic nitrogens is 1. The average molecular weight is 585 g/mol. The Morgan fingerprint density at radius 3 is 2.70 bits per heavy atom. The van der Waals surface area contributed by atoms with Gasteiger partial charge in [-0.15, -0.1) is 0 Å². The van der Waals surface area contributed by atoms with Gasteiger partial charge in [0.25, 0.3) is 5.91 Å². The minimum atomic E-state index is -0.922. The molecular formula is C33H36N4O6. The zero-order valence-corrected chi connectivity index (χ0v) is 24.2. The molecule has 3 aliphatic rings. The normalized spacial score (nSPS) is 20.8. The molecular weight excluding hydrogens is 548 g/mol. The van der Waals surface area contributed by atoms with Gasteiger partial charge in [0.2, 0.25) is 12.7 Å². The molecule has 2 aromatic carbocycles. The Balaban J connectivity index is 1.28. The van der Waals surface area contributed by atoms with Gasteiger partial charge >= 0.3 is 5.97 Å². The van der Waals surface area contributed by atoms with Crippen LogP contribution in [0.4, 0.5) is 5.69 Å². The predicted molar refractivity (Wildman–Crippen MR) is 159 cm³/mol. The van der Waals surface area contributed by atoms with E-state index in [-0.39, 0.29) is 31.1 Å². The molecule has 1 aromatic heterocycles. The first-order valence-electron chi connectivity index (χ1n) is 14.9. The smallest absolute Gasteiger partial charge is 0.308 e. The number of ether oxygens (including phenoxy) is 2. The van der Waals surface area contributed by atoms with Gasteiger partial charge in [-0.1, -0.05) is 37.6 Å². The van der Waals surface area contributed by atoms with Gasteiger partial charge in [-0.3, -0.25) is 24.3 Å². The largest absolute Gasteiger partial charge is 0.481 e. The van der Waals surface area contributed by atoms with Gasteiger partial charge in [0.05, 0.1) is 24.3 Å². The topological polar surface area (TPSA) is 113 Å². The van der Waals surface area contributed by atoms with Gasteiger partial charge in [-0.25, -0.2) is 0 Å². The number of carboxylic acids is 1. The molecule has 0 aliphatic carbocycles. The van der Waals surface area contributed by atoms with Crippen LogP contribution < -0.4 is 14.4 Å². The number of carboxylic acid groups (broad SMARTS) is 1. The Bertz CT molecular complexity index is 1500. The van der Waals surface area contributed by atoms with E-state index in [1.54, 1.807) is 28.3 Å². The van der Waals surface area contributed by atoms with E-state index in [0.29, 0.717) is 49.7 Å². The number of fused-ring (bicyclic) bond motifs is 2. The first-order valence-corrected chi connectivity index (χ1v) is 14.9. The fourth-order valence-electron chi connectivity index (χ4n) is 6.60. The summed E-state index contributed by atoms with van der Waals surface area (Å²) >= 11 is 0. The maximum atomic E-state index is 13.9. The number of aliphatic carboxylic acids is 1. The summed E-state index contributed by atoms with van der Waals surface area (Å²) < 4.78 is 11.1. The zero-order valence-electron chi connectivity index (χ0n) is 24.2. The monoisotopic (exact) mass is 584 g/mol. The maximum Gasteiger partial charge on any atom is 0.308 e. The molecule has 10 nitrogen and oxygen atoms in total. The highest BCUT2D eigenvalue weighted by Crippen LogP contribution is 2.43. The molecule has 1 fully saturated rings. The molecule has 10 heteroatoms. The Labute approximate surface area is 250 Å². The molecule has 0 saturated carbocycles. The van der Waals surface area contributed by atoms with Crippen LogP contribution >= 0.6 is 0 Å². The number of carbonyl (C=O) groups is 3. The van der Waals surface area contributed by atoms with Gasteiger partial charge in [0, 0.05) is 49.9 Å². The summed E-state index contributed by atoms with van der Waals surface area (Å²) in [6, 6.07) is 16.3. The summed E-state index contributed by atoms with van der Waals surface area (Å²) in [5.41, 5.74) is 3.22. The number of amides is 2. The number of hydrogen-bond donors (Lipinski definition) is 1. The Morgan fingerprint density at radius 2 is 1.93 bits per heavy atom. The minimum Gasteiger partial charge on any atom is -0.481 e. The Hall–Kier alpha value is -4.44. The molecule has 3 atom stereocenters. The second-order valence-electron chi connectivity index (χ2n) is 11.4. The lowest BCUT2D eigenvalue weighted by Gasteiger charge is -2.30. The third-order valence-corrected chi connectivity index (χ3v) is 8.78. The summed E-state index contributed by atoms with van der Waals surface area (Å²) in [6.45, 7) is 4.08. The summed E-state index contributed by atoms with van der Waals surface area (Å²) in [4.78, 5) is 49.7. The third kappa shape index (κ3) is 5.79. The Kier molecular flexibility index (Phi) is 8.29. The van der Waals surface area contributed by atoms with E-state index in [1.807, 2.05) is 53.4 Å². The maximum absolute atomic E-state index is 13.9. The molecule has 224 valence electrons. The van der Waals surface area contributed by atoms with E-state index < -0.39 is 17.9 Å². The van der Waals surface area contributed by atoms with Crippen molar-refractivity contribution in [3.05, 3.63) is 83.7 Å². The van der Waals surface area contributed by atoms with Crippen LogP contribution in [0.3, 0.4) is 0 Å². The van der Waals surface area contributed by atoms with Crippen molar-refractivity contribution >= 4 is 23.5 Å². The Morgan fingerprint density at radius 1 is 1.09 bits per heavy atom. The van der Waals surface area contributed by atoms with Crippen molar-refractivity contribution in [1.29, 1.82) is 0 Å². The molecule has 4 heterocycles. The SMILES string of the molecule is CCCCN(C(=O)CN1CC(c2ccc3c(c2)OCO3)C(C(=O)O)C1CCN1Cc2ccccc2C1=O)c1cccnc1. The van der Waals surface area contributed by atoms with Crippen LogP contribution in [0, 0.1) is 5.92 Å². The highest BCUT2D eigenvalue weighted by molar-refractivity contribution is 5.98. The first kappa shape index (κ1) is 28.7. The third-order valence-electron chi connectivity index (χ3n) is 8.78. The standard InChI is InChI=1S/C33H36N4O6/c1-2-3-14-37(24-8-6-13-34-17-24)30(38)20-36-19-26(22-10-11-28-29(16-22)43-21-42-28)31(33(40)41)27(36)12-15-35-18-23-7-4-5-9-25(23)32(35)39/h4-11,13,16-17,26-27,31H,2-3,12,14-15,18-21H2,1H3,(H,40,41). The lowest BCUT2D eigenvalue weighted by Crippen LogP contribution is -2.45. The predicted octanol–water partition coefficient (Wildman–Crippen LogP) is 4.16. The average Bonchev–Trinajstić information content (AvgIpc) is 3.72. The van der Waals surface area contributed by atoms with Crippen LogP contribution in [-0.4, -0.2) is 76.7 Å². The van der Waals surface area contributed by atoms with Crippen LogP contribution in [0.25, 0.3) is 0 Å². The summed E-state index contributed by atoms with van der Waals surface area (Å²) in [6.07, 6.45) is 5.54. The van der Waals surface area contributed by atoms with Crippen molar-refractivity contribution in [2.75, 3.05) is 37.9 Å². The van der Waals surface area contributed by atoms with Gasteiger partial charge in [-0.05, 0) is 54.3 Å². The molecule has 6 rings (SSSR count). The zero-order chi connectivity index (χ0) is 29.9. The lowest BCUT2D eigenvalue weighted by molar-refractivity contribution is -0.143. The van der Waals surface area contributed by atoms with E-state index in [1.165, 1.54) is 0 Å². The number of pyridine rings is 1. The van der Waals surface area contributed by atoms with Crippen LogP contribution in [0.1, 0.15) is 53.6 Å². The molecule has 0 spiro atoms. The summed E-state index contributed by atoms with van der Waals surface area (Å²) in [7, 11) is 0. The molecule has 3 aromatic rings. The fourth-order valence-corrected chi connectivity index (χ4v) is 6.60. The van der Waals surface area contributed by atoms with E-state index in [0.717, 1.165) is 29.7 Å². The highest BCUT2D eigenvalue weighted by Gasteiger charge is 2.47. The molecule has 1 saturated heterocycles. The quantitative estimate of drug-likeness (QED) is 0.358. The number of hydrogen-bond acceptors (Lipinski definition) is 7. The molecule has 0 bridgehead atoms. The molecule has 3 unspecified atom stereocenters. The molecule has 2 amide bonds. The lowest BCUT2D eigenvalue weighted by atomic mass is 9.84. The van der Waals surface area contributed by atoms with Crippen molar-refractivity contribution in [1.82, 2.24) is 14.8 Å². The van der Waals surface area contributed by atoms with Gasteiger partial charge in [-0.2, -0.15) is 0 Å². The number of carbonyl (C=O) groups excluding carboxylic acids is 2. The van der Waals surface area contributed by atoms with Crippen LogP contribution in [0.2, 0.25) is 0 Å². The van der Waals surface area contributed by atoms with Crippen molar-refractivity contribution in [2.24, 2.45) is 5.92 Å². The van der Waals surface area contributed by atoms with Crippen LogP contribution in [0.5, 0.6) is 11.5 Å². The number of likely N-dealkylation sites (tertiary alicyclic amines) is 1. The van der Waals surface area contributed by atoms with Crippen molar-refractivity contribution in [3.63, 3.8) is 0 Å². The number of anilines is 1. The molecule has 0 radical (unpaired) electrons. The van der Waals surface area contributed by atoms with E-state index in [9.17, 15) is 19.5 Å². The van der Waals surface area contributed by atoms with Gasteiger partial charge < -0.3 is 24.4 Å². The number of unbranched alkanes of at least 4 members (excludes halogenated alkanes) is 1. The van der Waals surface area contributed by atoms with E-state index in [4.69, 9.17) is 9.47 Å². The van der Waals surface area contributed by atoms with E-state index in [2.05, 4.69) is 11.9 Å². The second kappa shape index (κ2) is 12.4. The van der Waals surface area contributed by atoms with Crippen LogP contribution in [0.15, 0.2) is 67.0 Å². The van der Waals surface area contributed by atoms with Crippen molar-refractivity contribution in [2.45, 2.75) is 44.7 Å². The highest BCUT2D eigenvalue weighted by atomic mass is 16.7. The summed E-state index contributed by atoms with van der Waals surface area (Å²) in [5, 5.41) is 10.6. The number of nitrogens with zero attached hydrogens (tertiary/aromatic N) is 4. The second-order valence-corrected chi connectivity index (χ2v) is 11.4. The van der Waals surface area contributed by atoms with Crippen LogP contribution in [-0.2, 0) is 16.1 Å². The van der Waals surface area contributed by atoms with Gasteiger partial charge in [0.1, 0.15) is 0 Å².